The highest BCUT2D eigenvalue weighted by Crippen LogP contribution is 2.22. The second-order valence-corrected chi connectivity index (χ2v) is 3.62. The summed E-state index contributed by atoms with van der Waals surface area (Å²) in [6.07, 6.45) is 1.37. The number of carbonyl (C=O) groups is 1. The van der Waals surface area contributed by atoms with Crippen LogP contribution in [0.3, 0.4) is 0 Å². The molecule has 1 aromatic rings. The molecule has 1 unspecified atom stereocenters. The molecular weight excluding hydrogens is 210 g/mol. The van der Waals surface area contributed by atoms with Crippen molar-refractivity contribution in [2.45, 2.75) is 6.10 Å². The highest BCUT2D eigenvalue weighted by molar-refractivity contribution is 5.90. The predicted molar refractivity (Wildman–Crippen MR) is 56.1 cm³/mol. The van der Waals surface area contributed by atoms with E-state index in [1.54, 1.807) is 11.7 Å². The minimum Gasteiger partial charge on any atom is -0.465 e. The number of ether oxygens (including phenoxy) is 2. The van der Waals surface area contributed by atoms with Gasteiger partial charge in [0, 0.05) is 20.1 Å². The molecule has 0 aromatic carbocycles. The zero-order valence-electron chi connectivity index (χ0n) is 9.40. The number of methoxy groups -OCH3 is 1. The summed E-state index contributed by atoms with van der Waals surface area (Å²) in [6.45, 7) is 2.15. The second kappa shape index (κ2) is 4.63. The van der Waals surface area contributed by atoms with Gasteiger partial charge in [0.25, 0.3) is 0 Å². The van der Waals surface area contributed by atoms with E-state index in [0.29, 0.717) is 18.7 Å². The van der Waals surface area contributed by atoms with E-state index < -0.39 is 0 Å². The Morgan fingerprint density at radius 2 is 2.56 bits per heavy atom. The number of hydrogen-bond donors (Lipinski definition) is 1. The van der Waals surface area contributed by atoms with E-state index in [-0.39, 0.29) is 12.1 Å². The van der Waals surface area contributed by atoms with Gasteiger partial charge in [0.2, 0.25) is 0 Å². The molecule has 16 heavy (non-hydrogen) atoms. The summed E-state index contributed by atoms with van der Waals surface area (Å²) in [5, 5.41) is 7.29. The van der Waals surface area contributed by atoms with Crippen LogP contribution in [0.2, 0.25) is 0 Å². The fourth-order valence-corrected chi connectivity index (χ4v) is 1.84. The monoisotopic (exact) mass is 225 g/mol. The molecule has 2 rings (SSSR count). The first-order valence-corrected chi connectivity index (χ1v) is 5.16. The van der Waals surface area contributed by atoms with Crippen molar-refractivity contribution in [1.29, 1.82) is 0 Å². The Hall–Kier alpha value is -1.40. The molecule has 1 aliphatic heterocycles. The van der Waals surface area contributed by atoms with Crippen molar-refractivity contribution >= 4 is 5.97 Å². The quantitative estimate of drug-likeness (QED) is 0.710. The first-order valence-electron chi connectivity index (χ1n) is 5.16. The molecular formula is C10H15N3O3. The van der Waals surface area contributed by atoms with Gasteiger partial charge in [-0.2, -0.15) is 5.10 Å². The van der Waals surface area contributed by atoms with Crippen LogP contribution in [0.4, 0.5) is 0 Å². The molecule has 0 amide bonds. The van der Waals surface area contributed by atoms with Gasteiger partial charge in [-0.1, -0.05) is 0 Å². The van der Waals surface area contributed by atoms with Crippen LogP contribution in [-0.4, -0.2) is 42.6 Å². The molecule has 1 fully saturated rings. The molecule has 0 aliphatic carbocycles. The first-order chi connectivity index (χ1) is 7.74. The molecule has 1 atom stereocenters. The van der Waals surface area contributed by atoms with Gasteiger partial charge < -0.3 is 14.8 Å². The lowest BCUT2D eigenvalue weighted by atomic mass is 10.1. The van der Waals surface area contributed by atoms with Gasteiger partial charge in [0.1, 0.15) is 11.7 Å². The summed E-state index contributed by atoms with van der Waals surface area (Å²) in [6, 6.07) is 0. The molecule has 0 radical (unpaired) electrons. The Bertz CT molecular complexity index is 383. The van der Waals surface area contributed by atoms with Crippen LogP contribution in [0.5, 0.6) is 0 Å². The summed E-state index contributed by atoms with van der Waals surface area (Å²) in [4.78, 5) is 11.5. The molecule has 1 aromatic heterocycles. The van der Waals surface area contributed by atoms with Crippen molar-refractivity contribution < 1.29 is 14.3 Å². The molecule has 6 nitrogen and oxygen atoms in total. The summed E-state index contributed by atoms with van der Waals surface area (Å²) in [5.41, 5.74) is 1.23. The number of nitrogens with one attached hydrogen (secondary N) is 1. The van der Waals surface area contributed by atoms with Gasteiger partial charge in [-0.3, -0.25) is 4.68 Å². The smallest absolute Gasteiger partial charge is 0.341 e. The summed E-state index contributed by atoms with van der Waals surface area (Å²) >= 11 is 0. The van der Waals surface area contributed by atoms with Crippen molar-refractivity contribution in [1.82, 2.24) is 15.1 Å². The van der Waals surface area contributed by atoms with Gasteiger partial charge in [0.05, 0.1) is 25.6 Å². The summed E-state index contributed by atoms with van der Waals surface area (Å²) in [5.74, 6) is -0.378. The van der Waals surface area contributed by atoms with E-state index in [2.05, 4.69) is 10.4 Å². The normalized spacial score (nSPS) is 20.8. The molecule has 0 bridgehead atoms. The van der Waals surface area contributed by atoms with Crippen molar-refractivity contribution in [3.63, 3.8) is 0 Å². The number of nitrogens with zero attached hydrogens (tertiary/aromatic N) is 2. The maximum atomic E-state index is 11.5. The molecule has 2 heterocycles. The number of carbonyl (C=O) groups excluding carboxylic acids is 1. The minimum absolute atomic E-state index is 0.143. The second-order valence-electron chi connectivity index (χ2n) is 3.62. The van der Waals surface area contributed by atoms with Gasteiger partial charge in [-0.15, -0.1) is 0 Å². The van der Waals surface area contributed by atoms with E-state index in [4.69, 9.17) is 9.47 Å². The van der Waals surface area contributed by atoms with Gasteiger partial charge in [-0.25, -0.2) is 4.79 Å². The average Bonchev–Trinajstić information content (AvgIpc) is 2.71. The maximum Gasteiger partial charge on any atom is 0.341 e. The number of aromatic nitrogens is 2. The lowest BCUT2D eigenvalue weighted by Gasteiger charge is -2.24. The third-order valence-electron chi connectivity index (χ3n) is 2.62. The van der Waals surface area contributed by atoms with Crippen molar-refractivity contribution in [2.24, 2.45) is 7.05 Å². The van der Waals surface area contributed by atoms with Crippen LogP contribution in [0.1, 0.15) is 22.2 Å². The minimum atomic E-state index is -0.378. The summed E-state index contributed by atoms with van der Waals surface area (Å²) < 4.78 is 12.0. The molecule has 1 N–H and O–H groups in total. The van der Waals surface area contributed by atoms with E-state index in [1.807, 2.05) is 0 Å². The van der Waals surface area contributed by atoms with Crippen LogP contribution in [0.25, 0.3) is 0 Å². The molecule has 6 heteroatoms. The van der Waals surface area contributed by atoms with E-state index in [1.165, 1.54) is 13.3 Å². The lowest BCUT2D eigenvalue weighted by Crippen LogP contribution is -2.35. The Labute approximate surface area is 93.5 Å². The fraction of sp³-hybridized carbons (Fsp3) is 0.600. The topological polar surface area (TPSA) is 65.4 Å². The molecule has 0 saturated carbocycles. The Kier molecular flexibility index (Phi) is 3.21. The zero-order valence-corrected chi connectivity index (χ0v) is 9.40. The average molecular weight is 225 g/mol. The molecule has 1 aliphatic rings. The Balaban J connectivity index is 2.30. The predicted octanol–water partition coefficient (Wildman–Crippen LogP) is -0.132. The van der Waals surface area contributed by atoms with Gasteiger partial charge >= 0.3 is 5.97 Å². The number of morpholine rings is 1. The lowest BCUT2D eigenvalue weighted by molar-refractivity contribution is 0.0211. The van der Waals surface area contributed by atoms with Gasteiger partial charge in [0.15, 0.2) is 0 Å². The van der Waals surface area contributed by atoms with Crippen molar-refractivity contribution in [2.75, 3.05) is 26.8 Å². The van der Waals surface area contributed by atoms with Crippen LogP contribution in [0, 0.1) is 0 Å². The number of hydrogen-bond acceptors (Lipinski definition) is 5. The third kappa shape index (κ3) is 1.94. The summed E-state index contributed by atoms with van der Waals surface area (Å²) in [7, 11) is 3.15. The molecule has 1 saturated heterocycles. The van der Waals surface area contributed by atoms with Crippen LogP contribution >= 0.6 is 0 Å². The first kappa shape index (κ1) is 11.1. The maximum absolute atomic E-state index is 11.5. The highest BCUT2D eigenvalue weighted by Gasteiger charge is 2.26. The van der Waals surface area contributed by atoms with Crippen molar-refractivity contribution in [3.8, 4) is 0 Å². The van der Waals surface area contributed by atoms with Crippen LogP contribution in [0.15, 0.2) is 6.20 Å². The van der Waals surface area contributed by atoms with E-state index >= 15 is 0 Å². The SMILES string of the molecule is COC(=O)c1cnn(C)c1C1CNCCO1. The number of rotatable bonds is 2. The van der Waals surface area contributed by atoms with Gasteiger partial charge in [-0.05, 0) is 0 Å². The third-order valence-corrected chi connectivity index (χ3v) is 2.62. The largest absolute Gasteiger partial charge is 0.465 e. The fourth-order valence-electron chi connectivity index (χ4n) is 1.84. The zero-order chi connectivity index (χ0) is 11.5. The Morgan fingerprint density at radius 3 is 3.19 bits per heavy atom. The van der Waals surface area contributed by atoms with Crippen LogP contribution < -0.4 is 5.32 Å². The number of aryl methyl sites for hydroxylation is 1. The molecule has 88 valence electrons. The number of esters is 1. The Morgan fingerprint density at radius 1 is 1.75 bits per heavy atom. The highest BCUT2D eigenvalue weighted by atomic mass is 16.5. The van der Waals surface area contributed by atoms with E-state index in [9.17, 15) is 4.79 Å². The van der Waals surface area contributed by atoms with E-state index in [0.717, 1.165) is 12.2 Å². The molecule has 0 spiro atoms. The van der Waals surface area contributed by atoms with Crippen molar-refractivity contribution in [3.05, 3.63) is 17.5 Å². The standard InChI is InChI=1S/C10H15N3O3/c1-13-9(8-6-11-3-4-16-8)7(5-12-13)10(14)15-2/h5,8,11H,3-4,6H2,1-2H3. The van der Waals surface area contributed by atoms with Crippen LogP contribution in [-0.2, 0) is 16.5 Å².